The molecule has 0 aliphatic carbocycles. The number of rotatable bonds is 6. The zero-order chi connectivity index (χ0) is 25.9. The van der Waals surface area contributed by atoms with Crippen LogP contribution in [0, 0.1) is 6.92 Å². The summed E-state index contributed by atoms with van der Waals surface area (Å²) in [5, 5.41) is 5.79. The predicted octanol–water partition coefficient (Wildman–Crippen LogP) is 5.93. The molecule has 0 unspecified atom stereocenters. The van der Waals surface area contributed by atoms with Crippen LogP contribution in [0.5, 0.6) is 0 Å². The molecule has 0 aliphatic heterocycles. The lowest BCUT2D eigenvalue weighted by Gasteiger charge is -2.13. The molecule has 184 valence electrons. The molecule has 1 amide bonds. The summed E-state index contributed by atoms with van der Waals surface area (Å²) in [5.41, 5.74) is 2.43. The first kappa shape index (κ1) is 24.6. The predicted molar refractivity (Wildman–Crippen MR) is 133 cm³/mol. The summed E-state index contributed by atoms with van der Waals surface area (Å²) >= 11 is 0. The van der Waals surface area contributed by atoms with E-state index < -0.39 is 17.6 Å². The second-order valence-electron chi connectivity index (χ2n) is 8.25. The number of benzene rings is 2. The highest BCUT2D eigenvalue weighted by Gasteiger charge is 2.30. The van der Waals surface area contributed by atoms with Gasteiger partial charge in [-0.15, -0.1) is 0 Å². The number of amides is 1. The lowest BCUT2D eigenvalue weighted by Crippen LogP contribution is -2.14. The maximum absolute atomic E-state index is 13.0. The molecule has 0 radical (unpaired) electrons. The first-order chi connectivity index (χ1) is 17.1. The third kappa shape index (κ3) is 5.77. The number of alkyl halides is 3. The van der Waals surface area contributed by atoms with Crippen molar-refractivity contribution in [1.29, 1.82) is 0 Å². The Bertz CT molecular complexity index is 1390. The van der Waals surface area contributed by atoms with Crippen LogP contribution in [-0.4, -0.2) is 35.0 Å². The molecule has 0 aliphatic rings. The summed E-state index contributed by atoms with van der Waals surface area (Å²) in [6.45, 7) is 1.87. The lowest BCUT2D eigenvalue weighted by atomic mass is 10.1. The van der Waals surface area contributed by atoms with Gasteiger partial charge in [0.1, 0.15) is 5.82 Å². The quantitative estimate of drug-likeness (QED) is 0.347. The molecule has 0 bridgehead atoms. The fourth-order valence-electron chi connectivity index (χ4n) is 3.38. The van der Waals surface area contributed by atoms with Gasteiger partial charge < -0.3 is 15.5 Å². The minimum absolute atomic E-state index is 0.0927. The zero-order valence-electron chi connectivity index (χ0n) is 19.8. The molecule has 2 heterocycles. The Labute approximate surface area is 206 Å². The summed E-state index contributed by atoms with van der Waals surface area (Å²) in [4.78, 5) is 27.7. The maximum Gasteiger partial charge on any atom is 0.416 e. The number of nitrogens with zero attached hydrogens (tertiary/aromatic N) is 4. The van der Waals surface area contributed by atoms with Gasteiger partial charge in [-0.25, -0.2) is 15.0 Å². The average Bonchev–Trinajstić information content (AvgIpc) is 2.86. The molecule has 7 nitrogen and oxygen atoms in total. The van der Waals surface area contributed by atoms with Crippen molar-refractivity contribution in [3.63, 3.8) is 0 Å². The minimum atomic E-state index is -4.53. The van der Waals surface area contributed by atoms with Crippen molar-refractivity contribution in [2.45, 2.75) is 13.1 Å². The Kier molecular flexibility index (Phi) is 6.86. The number of halogens is 3. The molecule has 0 atom stereocenters. The number of pyridine rings is 1. The van der Waals surface area contributed by atoms with E-state index in [-0.39, 0.29) is 5.56 Å². The number of hydrogen-bond acceptors (Lipinski definition) is 6. The molecule has 36 heavy (non-hydrogen) atoms. The van der Waals surface area contributed by atoms with Gasteiger partial charge in [-0.05, 0) is 61.0 Å². The number of carbonyl (C=O) groups excluding carboxylic acids is 1. The van der Waals surface area contributed by atoms with Crippen LogP contribution >= 0.6 is 0 Å². The number of anilines is 4. The molecular weight excluding hydrogens is 469 g/mol. The maximum atomic E-state index is 13.0. The Morgan fingerprint density at radius 1 is 0.972 bits per heavy atom. The van der Waals surface area contributed by atoms with E-state index in [1.807, 2.05) is 38.1 Å². The van der Waals surface area contributed by atoms with E-state index in [9.17, 15) is 18.0 Å². The molecule has 0 saturated carbocycles. The van der Waals surface area contributed by atoms with E-state index >= 15 is 0 Å². The number of nitrogens with one attached hydrogen (secondary N) is 2. The molecule has 4 aromatic rings. The number of aryl methyl sites for hydroxylation is 1. The van der Waals surface area contributed by atoms with Crippen molar-refractivity contribution in [1.82, 2.24) is 15.0 Å². The Morgan fingerprint density at radius 2 is 1.78 bits per heavy atom. The number of aromatic nitrogens is 3. The first-order valence-electron chi connectivity index (χ1n) is 10.9. The molecule has 0 fully saturated rings. The van der Waals surface area contributed by atoms with Crippen LogP contribution in [0.15, 0.2) is 73.1 Å². The van der Waals surface area contributed by atoms with Crippen LogP contribution in [0.25, 0.3) is 11.3 Å². The van der Waals surface area contributed by atoms with E-state index in [2.05, 4.69) is 25.6 Å². The molecule has 10 heteroatoms. The smallest absolute Gasteiger partial charge is 0.363 e. The van der Waals surface area contributed by atoms with Crippen molar-refractivity contribution in [3.8, 4) is 11.3 Å². The van der Waals surface area contributed by atoms with Gasteiger partial charge in [0.2, 0.25) is 5.95 Å². The van der Waals surface area contributed by atoms with Crippen molar-refractivity contribution >= 4 is 29.0 Å². The van der Waals surface area contributed by atoms with E-state index in [4.69, 9.17) is 0 Å². The number of hydrogen-bond donors (Lipinski definition) is 2. The highest BCUT2D eigenvalue weighted by atomic mass is 19.4. The summed E-state index contributed by atoms with van der Waals surface area (Å²) in [6, 6.07) is 15.0. The lowest BCUT2D eigenvalue weighted by molar-refractivity contribution is -0.137. The molecular formula is C26H23F3N6O. The van der Waals surface area contributed by atoms with Gasteiger partial charge in [0, 0.05) is 49.0 Å². The normalized spacial score (nSPS) is 11.2. The van der Waals surface area contributed by atoms with E-state index in [1.165, 1.54) is 12.1 Å². The van der Waals surface area contributed by atoms with Crippen LogP contribution < -0.4 is 15.5 Å². The van der Waals surface area contributed by atoms with Crippen LogP contribution in [0.1, 0.15) is 21.5 Å². The van der Waals surface area contributed by atoms with Crippen LogP contribution in [0.3, 0.4) is 0 Å². The Hall–Kier alpha value is -4.47. The van der Waals surface area contributed by atoms with Gasteiger partial charge in [0.05, 0.1) is 11.3 Å². The largest absolute Gasteiger partial charge is 0.416 e. The highest BCUT2D eigenvalue weighted by molar-refractivity contribution is 6.04. The van der Waals surface area contributed by atoms with Crippen LogP contribution in [-0.2, 0) is 6.18 Å². The summed E-state index contributed by atoms with van der Waals surface area (Å²) in [6.07, 6.45) is -1.17. The van der Waals surface area contributed by atoms with Gasteiger partial charge in [-0.2, -0.15) is 13.2 Å². The van der Waals surface area contributed by atoms with E-state index in [0.29, 0.717) is 23.0 Å². The van der Waals surface area contributed by atoms with Gasteiger partial charge in [0.15, 0.2) is 0 Å². The fraction of sp³-hybridized carbons (Fsp3) is 0.154. The fourth-order valence-corrected chi connectivity index (χ4v) is 3.38. The summed E-state index contributed by atoms with van der Waals surface area (Å²) < 4.78 is 39.0. The Morgan fingerprint density at radius 3 is 2.47 bits per heavy atom. The third-order valence-corrected chi connectivity index (χ3v) is 5.35. The van der Waals surface area contributed by atoms with Crippen molar-refractivity contribution in [2.75, 3.05) is 29.6 Å². The second-order valence-corrected chi connectivity index (χ2v) is 8.25. The summed E-state index contributed by atoms with van der Waals surface area (Å²) in [5.74, 6) is 0.516. The molecule has 2 aromatic heterocycles. The standard InChI is InChI=1S/C26H23F3N6O/c1-16-7-9-20(32-24(36)17-5-4-6-19(13-17)26(27,28)29)14-22(16)34-25-30-12-11-21(33-25)18-8-10-23(31-15-18)35(2)3/h4-15H,1-3H3,(H,32,36)(H,30,33,34). The molecule has 2 N–H and O–H groups in total. The molecule has 2 aromatic carbocycles. The molecule has 0 spiro atoms. The third-order valence-electron chi connectivity index (χ3n) is 5.35. The minimum Gasteiger partial charge on any atom is -0.363 e. The van der Waals surface area contributed by atoms with Gasteiger partial charge in [-0.3, -0.25) is 4.79 Å². The van der Waals surface area contributed by atoms with Crippen LogP contribution in [0.2, 0.25) is 0 Å². The Balaban J connectivity index is 1.52. The topological polar surface area (TPSA) is 83.0 Å². The average molecular weight is 493 g/mol. The van der Waals surface area contributed by atoms with Gasteiger partial charge in [-0.1, -0.05) is 12.1 Å². The van der Waals surface area contributed by atoms with E-state index in [0.717, 1.165) is 29.1 Å². The highest BCUT2D eigenvalue weighted by Crippen LogP contribution is 2.30. The monoisotopic (exact) mass is 492 g/mol. The first-order valence-corrected chi connectivity index (χ1v) is 10.9. The van der Waals surface area contributed by atoms with Gasteiger partial charge in [0.25, 0.3) is 5.91 Å². The SMILES string of the molecule is Cc1ccc(NC(=O)c2cccc(C(F)(F)F)c2)cc1Nc1nccc(-c2ccc(N(C)C)nc2)n1. The zero-order valence-corrected chi connectivity index (χ0v) is 19.8. The van der Waals surface area contributed by atoms with Crippen molar-refractivity contribution in [3.05, 3.63) is 89.7 Å². The van der Waals surface area contributed by atoms with E-state index in [1.54, 1.807) is 36.7 Å². The van der Waals surface area contributed by atoms with Crippen molar-refractivity contribution in [2.24, 2.45) is 0 Å². The van der Waals surface area contributed by atoms with Crippen LogP contribution in [0.4, 0.5) is 36.3 Å². The van der Waals surface area contributed by atoms with Crippen molar-refractivity contribution < 1.29 is 18.0 Å². The summed E-state index contributed by atoms with van der Waals surface area (Å²) in [7, 11) is 3.82. The molecule has 4 rings (SSSR count). The van der Waals surface area contributed by atoms with Gasteiger partial charge >= 0.3 is 6.18 Å². The molecule has 0 saturated heterocycles. The number of carbonyl (C=O) groups is 1. The second kappa shape index (κ2) is 10.0.